The van der Waals surface area contributed by atoms with E-state index in [1.165, 1.54) is 11.1 Å². The van der Waals surface area contributed by atoms with Crippen molar-refractivity contribution in [2.45, 2.75) is 24.9 Å². The second-order valence-corrected chi connectivity index (χ2v) is 6.24. The normalized spacial score (nSPS) is 17.6. The van der Waals surface area contributed by atoms with Crippen molar-refractivity contribution in [3.05, 3.63) is 59.3 Å². The maximum absolute atomic E-state index is 13.0. The summed E-state index contributed by atoms with van der Waals surface area (Å²) in [7, 11) is 0. The summed E-state index contributed by atoms with van der Waals surface area (Å²) in [5, 5.41) is 0. The van der Waals surface area contributed by atoms with Crippen LogP contribution in [-0.4, -0.2) is 35.0 Å². The van der Waals surface area contributed by atoms with E-state index in [1.807, 2.05) is 0 Å². The van der Waals surface area contributed by atoms with Crippen molar-refractivity contribution < 1.29 is 35.9 Å². The molecule has 10 heteroatoms. The van der Waals surface area contributed by atoms with Gasteiger partial charge in [-0.15, -0.1) is 0 Å². The summed E-state index contributed by atoms with van der Waals surface area (Å²) in [6.45, 7) is 0.181. The number of nitrogens with zero attached hydrogens (tertiary/aromatic N) is 2. The van der Waals surface area contributed by atoms with E-state index < -0.39 is 41.1 Å². The minimum atomic E-state index is -5.01. The zero-order chi connectivity index (χ0) is 20.5. The van der Waals surface area contributed by atoms with Crippen molar-refractivity contribution in [2.24, 2.45) is 0 Å². The lowest BCUT2D eigenvalue weighted by Crippen LogP contribution is -2.31. The van der Waals surface area contributed by atoms with Crippen molar-refractivity contribution in [1.82, 2.24) is 9.88 Å². The van der Waals surface area contributed by atoms with E-state index in [9.17, 15) is 31.1 Å². The second kappa shape index (κ2) is 7.33. The fourth-order valence-corrected chi connectivity index (χ4v) is 2.86. The van der Waals surface area contributed by atoms with Crippen molar-refractivity contribution in [2.75, 3.05) is 13.1 Å². The van der Waals surface area contributed by atoms with Crippen LogP contribution >= 0.6 is 0 Å². The van der Waals surface area contributed by atoms with Crippen LogP contribution in [0.2, 0.25) is 0 Å². The molecule has 2 aromatic rings. The molecule has 150 valence electrons. The molecule has 1 amide bonds. The highest BCUT2D eigenvalue weighted by atomic mass is 19.4. The van der Waals surface area contributed by atoms with E-state index in [1.54, 1.807) is 18.2 Å². The zero-order valence-electron chi connectivity index (χ0n) is 14.2. The third-order valence-corrected chi connectivity index (χ3v) is 4.19. The van der Waals surface area contributed by atoms with Crippen LogP contribution in [0.3, 0.4) is 0 Å². The van der Waals surface area contributed by atoms with Gasteiger partial charge in [0, 0.05) is 30.8 Å². The molecule has 0 bridgehead atoms. The van der Waals surface area contributed by atoms with Gasteiger partial charge in [-0.2, -0.15) is 26.3 Å². The number of pyridine rings is 1. The Hall–Kier alpha value is -2.78. The van der Waals surface area contributed by atoms with E-state index >= 15 is 0 Å². The zero-order valence-corrected chi connectivity index (χ0v) is 14.2. The van der Waals surface area contributed by atoms with E-state index in [-0.39, 0.29) is 19.2 Å². The van der Waals surface area contributed by atoms with Crippen molar-refractivity contribution in [1.29, 1.82) is 0 Å². The molecule has 1 aliphatic rings. The average molecular weight is 404 g/mol. The van der Waals surface area contributed by atoms with Gasteiger partial charge in [-0.05, 0) is 24.3 Å². The third-order valence-electron chi connectivity index (χ3n) is 4.19. The molecule has 1 atom stereocenters. The molecular formula is C18H14F6N2O2. The molecule has 4 nitrogen and oxygen atoms in total. The highest BCUT2D eigenvalue weighted by Gasteiger charge is 2.38. The number of carbonyl (C=O) groups is 1. The smallest absolute Gasteiger partial charge is 0.416 e. The fraction of sp³-hybridized carbons (Fsp3) is 0.333. The fourth-order valence-electron chi connectivity index (χ4n) is 2.86. The van der Waals surface area contributed by atoms with Crippen molar-refractivity contribution >= 4 is 5.91 Å². The summed E-state index contributed by atoms with van der Waals surface area (Å²) >= 11 is 0. The van der Waals surface area contributed by atoms with Gasteiger partial charge in [0.05, 0.1) is 17.7 Å². The Balaban J connectivity index is 1.80. The van der Waals surface area contributed by atoms with Gasteiger partial charge in [0.25, 0.3) is 5.91 Å². The summed E-state index contributed by atoms with van der Waals surface area (Å²) < 4.78 is 83.4. The Morgan fingerprint density at radius 1 is 1.04 bits per heavy atom. The first-order valence-electron chi connectivity index (χ1n) is 8.20. The van der Waals surface area contributed by atoms with Crippen LogP contribution in [0.5, 0.6) is 5.88 Å². The SMILES string of the molecule is O=C(c1cc(C(F)(F)F)cc(C(F)(F)F)c1)N1CCC(Oc2ccccn2)C1. The van der Waals surface area contributed by atoms with Gasteiger partial charge in [0.15, 0.2) is 0 Å². The van der Waals surface area contributed by atoms with Gasteiger partial charge < -0.3 is 9.64 Å². The number of hydrogen-bond acceptors (Lipinski definition) is 3. The number of ether oxygens (including phenoxy) is 1. The van der Waals surface area contributed by atoms with E-state index in [0.717, 1.165) is 0 Å². The quantitative estimate of drug-likeness (QED) is 0.712. The Morgan fingerprint density at radius 3 is 2.21 bits per heavy atom. The predicted octanol–water partition coefficient (Wildman–Crippen LogP) is 4.41. The molecule has 1 aromatic carbocycles. The largest absolute Gasteiger partial charge is 0.472 e. The number of aromatic nitrogens is 1. The van der Waals surface area contributed by atoms with E-state index in [0.29, 0.717) is 24.4 Å². The maximum Gasteiger partial charge on any atom is 0.416 e. The summed E-state index contributed by atoms with van der Waals surface area (Å²) in [6, 6.07) is 5.85. The molecule has 0 spiro atoms. The summed E-state index contributed by atoms with van der Waals surface area (Å²) in [5.74, 6) is -0.594. The summed E-state index contributed by atoms with van der Waals surface area (Å²) in [5.41, 5.74) is -3.71. The topological polar surface area (TPSA) is 42.4 Å². The van der Waals surface area contributed by atoms with Crippen LogP contribution in [0.4, 0.5) is 26.3 Å². The molecule has 2 heterocycles. The minimum Gasteiger partial charge on any atom is -0.472 e. The van der Waals surface area contributed by atoms with Crippen LogP contribution in [0, 0.1) is 0 Å². The van der Waals surface area contributed by atoms with Crippen LogP contribution < -0.4 is 4.74 Å². The Bertz CT molecular complexity index is 819. The Morgan fingerprint density at radius 2 is 1.68 bits per heavy atom. The predicted molar refractivity (Wildman–Crippen MR) is 85.6 cm³/mol. The molecule has 28 heavy (non-hydrogen) atoms. The van der Waals surface area contributed by atoms with E-state index in [4.69, 9.17) is 4.74 Å². The van der Waals surface area contributed by atoms with Crippen molar-refractivity contribution in [3.8, 4) is 5.88 Å². The lowest BCUT2D eigenvalue weighted by molar-refractivity contribution is -0.143. The third kappa shape index (κ3) is 4.55. The first-order valence-corrected chi connectivity index (χ1v) is 8.20. The van der Waals surface area contributed by atoms with Gasteiger partial charge in [-0.3, -0.25) is 4.79 Å². The number of likely N-dealkylation sites (tertiary alicyclic amines) is 1. The first kappa shape index (κ1) is 20.0. The lowest BCUT2D eigenvalue weighted by atomic mass is 10.0. The highest BCUT2D eigenvalue weighted by Crippen LogP contribution is 2.36. The van der Waals surface area contributed by atoms with Crippen LogP contribution in [0.15, 0.2) is 42.6 Å². The standard InChI is InChI=1S/C18H14F6N2O2/c19-17(20,21)12-7-11(8-13(9-12)18(22,23)24)16(27)26-6-4-14(10-26)28-15-3-1-2-5-25-15/h1-3,5,7-9,14H,4,6,10H2. The molecule has 1 aliphatic heterocycles. The first-order chi connectivity index (χ1) is 13.0. The minimum absolute atomic E-state index is 0.00620. The molecule has 0 N–H and O–H groups in total. The number of rotatable bonds is 3. The number of carbonyl (C=O) groups excluding carboxylic acids is 1. The monoisotopic (exact) mass is 404 g/mol. The van der Waals surface area contributed by atoms with Crippen LogP contribution in [-0.2, 0) is 12.4 Å². The van der Waals surface area contributed by atoms with Gasteiger partial charge in [0.2, 0.25) is 5.88 Å². The summed E-state index contributed by atoms with van der Waals surface area (Å²) in [6.07, 6.45) is -8.58. The second-order valence-electron chi connectivity index (χ2n) is 6.24. The van der Waals surface area contributed by atoms with Gasteiger partial charge in [-0.25, -0.2) is 4.98 Å². The molecule has 0 saturated carbocycles. The highest BCUT2D eigenvalue weighted by molar-refractivity contribution is 5.95. The maximum atomic E-state index is 13.0. The molecular weight excluding hydrogens is 390 g/mol. The number of benzene rings is 1. The number of hydrogen-bond donors (Lipinski definition) is 0. The Kier molecular flexibility index (Phi) is 5.22. The average Bonchev–Trinajstić information content (AvgIpc) is 3.08. The number of halogens is 6. The molecule has 0 aliphatic carbocycles. The molecule has 1 fully saturated rings. The van der Waals surface area contributed by atoms with Gasteiger partial charge in [-0.1, -0.05) is 6.07 Å². The molecule has 1 saturated heterocycles. The van der Waals surface area contributed by atoms with Gasteiger partial charge in [0.1, 0.15) is 6.10 Å². The molecule has 0 radical (unpaired) electrons. The molecule has 3 rings (SSSR count). The van der Waals surface area contributed by atoms with Crippen LogP contribution in [0.25, 0.3) is 0 Å². The van der Waals surface area contributed by atoms with E-state index in [2.05, 4.69) is 4.98 Å². The van der Waals surface area contributed by atoms with Crippen molar-refractivity contribution in [3.63, 3.8) is 0 Å². The van der Waals surface area contributed by atoms with Gasteiger partial charge >= 0.3 is 12.4 Å². The molecule has 1 unspecified atom stereocenters. The number of alkyl halides is 6. The van der Waals surface area contributed by atoms with Crippen LogP contribution in [0.1, 0.15) is 27.9 Å². The lowest BCUT2D eigenvalue weighted by Gasteiger charge is -2.19. The summed E-state index contributed by atoms with van der Waals surface area (Å²) in [4.78, 5) is 17.7. The molecule has 1 aromatic heterocycles. The number of amides is 1. The Labute approximate surface area is 155 Å².